The molecule has 0 aliphatic carbocycles. The van der Waals surface area contributed by atoms with Gasteiger partial charge in [-0.3, -0.25) is 9.59 Å². The predicted octanol–water partition coefficient (Wildman–Crippen LogP) is 2.44. The Morgan fingerprint density at radius 2 is 2.05 bits per heavy atom. The standard InChI is InChI=1S/C16H24N2O2S/c1-5-13-16(20)18(14(10(2)3)15(19)17-13)11(4)9-12-7-6-8-21-12/h6-8,10-11,13-14H,5,9H2,1-4H3,(H,17,19). The van der Waals surface area contributed by atoms with Crippen molar-refractivity contribution in [2.75, 3.05) is 0 Å². The average Bonchev–Trinajstić information content (AvgIpc) is 2.92. The van der Waals surface area contributed by atoms with E-state index in [-0.39, 0.29) is 35.9 Å². The molecule has 1 N–H and O–H groups in total. The molecule has 2 amide bonds. The molecule has 2 rings (SSSR count). The fraction of sp³-hybridized carbons (Fsp3) is 0.625. The van der Waals surface area contributed by atoms with Crippen molar-refractivity contribution >= 4 is 23.2 Å². The second-order valence-corrected chi connectivity index (χ2v) is 7.07. The highest BCUT2D eigenvalue weighted by Gasteiger charge is 2.43. The van der Waals surface area contributed by atoms with Crippen molar-refractivity contribution in [1.29, 1.82) is 0 Å². The van der Waals surface area contributed by atoms with Gasteiger partial charge in [0.1, 0.15) is 12.1 Å². The third-order valence-corrected chi connectivity index (χ3v) is 4.93. The Labute approximate surface area is 130 Å². The normalized spacial score (nSPS) is 24.3. The van der Waals surface area contributed by atoms with E-state index in [0.29, 0.717) is 6.42 Å². The molecular formula is C16H24N2O2S. The zero-order valence-corrected chi connectivity index (χ0v) is 13.9. The first-order chi connectivity index (χ1) is 9.95. The molecule has 21 heavy (non-hydrogen) atoms. The van der Waals surface area contributed by atoms with E-state index in [9.17, 15) is 9.59 Å². The minimum Gasteiger partial charge on any atom is -0.343 e. The van der Waals surface area contributed by atoms with Gasteiger partial charge in [-0.1, -0.05) is 26.8 Å². The van der Waals surface area contributed by atoms with Crippen LogP contribution in [0.2, 0.25) is 0 Å². The molecule has 0 radical (unpaired) electrons. The number of hydrogen-bond donors (Lipinski definition) is 1. The lowest BCUT2D eigenvalue weighted by molar-refractivity contribution is -0.153. The van der Waals surface area contributed by atoms with Crippen LogP contribution < -0.4 is 5.32 Å². The molecule has 1 aliphatic heterocycles. The van der Waals surface area contributed by atoms with Crippen LogP contribution in [0.4, 0.5) is 0 Å². The quantitative estimate of drug-likeness (QED) is 0.908. The first-order valence-corrected chi connectivity index (χ1v) is 8.48. The molecule has 5 heteroatoms. The van der Waals surface area contributed by atoms with E-state index in [0.717, 1.165) is 6.42 Å². The molecule has 1 aromatic heterocycles. The summed E-state index contributed by atoms with van der Waals surface area (Å²) in [5.41, 5.74) is 0. The average molecular weight is 308 g/mol. The van der Waals surface area contributed by atoms with Gasteiger partial charge in [0.25, 0.3) is 0 Å². The van der Waals surface area contributed by atoms with E-state index in [1.165, 1.54) is 4.88 Å². The maximum Gasteiger partial charge on any atom is 0.246 e. The van der Waals surface area contributed by atoms with Crippen molar-refractivity contribution in [2.45, 2.75) is 58.7 Å². The Balaban J connectivity index is 2.24. The minimum absolute atomic E-state index is 0.0190. The van der Waals surface area contributed by atoms with Crippen LogP contribution in [-0.2, 0) is 16.0 Å². The predicted molar refractivity (Wildman–Crippen MR) is 85.2 cm³/mol. The van der Waals surface area contributed by atoms with E-state index in [2.05, 4.69) is 11.4 Å². The molecule has 1 saturated heterocycles. The number of nitrogens with one attached hydrogen (secondary N) is 1. The topological polar surface area (TPSA) is 49.4 Å². The molecule has 116 valence electrons. The number of nitrogens with zero attached hydrogens (tertiary/aromatic N) is 1. The van der Waals surface area contributed by atoms with Crippen LogP contribution in [0.25, 0.3) is 0 Å². The first-order valence-electron chi connectivity index (χ1n) is 7.60. The molecule has 3 atom stereocenters. The molecule has 0 bridgehead atoms. The molecule has 4 nitrogen and oxygen atoms in total. The van der Waals surface area contributed by atoms with Gasteiger partial charge >= 0.3 is 0 Å². The number of thiophene rings is 1. The van der Waals surface area contributed by atoms with E-state index >= 15 is 0 Å². The molecule has 1 aromatic rings. The van der Waals surface area contributed by atoms with Crippen LogP contribution in [-0.4, -0.2) is 34.8 Å². The molecular weight excluding hydrogens is 284 g/mol. The van der Waals surface area contributed by atoms with E-state index in [1.807, 2.05) is 44.0 Å². The molecule has 0 saturated carbocycles. The largest absolute Gasteiger partial charge is 0.343 e. The monoisotopic (exact) mass is 308 g/mol. The smallest absolute Gasteiger partial charge is 0.246 e. The molecule has 0 spiro atoms. The summed E-state index contributed by atoms with van der Waals surface area (Å²) in [6.45, 7) is 7.96. The number of hydrogen-bond acceptors (Lipinski definition) is 3. The Kier molecular flexibility index (Phi) is 5.04. The summed E-state index contributed by atoms with van der Waals surface area (Å²) in [4.78, 5) is 28.1. The summed E-state index contributed by atoms with van der Waals surface area (Å²) in [7, 11) is 0. The second-order valence-electron chi connectivity index (χ2n) is 6.04. The van der Waals surface area contributed by atoms with Crippen molar-refractivity contribution < 1.29 is 9.59 Å². The summed E-state index contributed by atoms with van der Waals surface area (Å²) < 4.78 is 0. The lowest BCUT2D eigenvalue weighted by Crippen LogP contribution is -2.66. The second kappa shape index (κ2) is 6.60. The van der Waals surface area contributed by atoms with Gasteiger partial charge in [-0.15, -0.1) is 11.3 Å². The third kappa shape index (κ3) is 3.28. The highest BCUT2D eigenvalue weighted by Crippen LogP contribution is 2.24. The van der Waals surface area contributed by atoms with Crippen LogP contribution in [0, 0.1) is 5.92 Å². The third-order valence-electron chi connectivity index (χ3n) is 4.03. The van der Waals surface area contributed by atoms with E-state index < -0.39 is 0 Å². The lowest BCUT2D eigenvalue weighted by Gasteiger charge is -2.44. The summed E-state index contributed by atoms with van der Waals surface area (Å²) in [6.07, 6.45) is 1.44. The van der Waals surface area contributed by atoms with E-state index in [1.54, 1.807) is 11.3 Å². The van der Waals surface area contributed by atoms with Crippen LogP contribution in [0.15, 0.2) is 17.5 Å². The summed E-state index contributed by atoms with van der Waals surface area (Å²) in [6, 6.07) is 3.39. The molecule has 2 heterocycles. The Morgan fingerprint density at radius 1 is 1.33 bits per heavy atom. The molecule has 3 unspecified atom stereocenters. The van der Waals surface area contributed by atoms with Gasteiger partial charge in [-0.2, -0.15) is 0 Å². The zero-order chi connectivity index (χ0) is 15.6. The summed E-state index contributed by atoms with van der Waals surface area (Å²) in [5, 5.41) is 4.91. The van der Waals surface area contributed by atoms with Crippen molar-refractivity contribution in [1.82, 2.24) is 10.2 Å². The Hall–Kier alpha value is -1.36. The minimum atomic E-state index is -0.377. The van der Waals surface area contributed by atoms with Gasteiger partial charge < -0.3 is 10.2 Å². The number of carbonyl (C=O) groups excluding carboxylic acids is 2. The SMILES string of the molecule is CCC1NC(=O)C(C(C)C)N(C(C)Cc2cccs2)C1=O. The summed E-state index contributed by atoms with van der Waals surface area (Å²) in [5.74, 6) is 0.145. The highest BCUT2D eigenvalue weighted by molar-refractivity contribution is 7.09. The van der Waals surface area contributed by atoms with Gasteiger partial charge in [-0.05, 0) is 30.7 Å². The summed E-state index contributed by atoms with van der Waals surface area (Å²) >= 11 is 1.69. The van der Waals surface area contributed by atoms with Crippen molar-refractivity contribution in [3.8, 4) is 0 Å². The van der Waals surface area contributed by atoms with Crippen LogP contribution in [0.5, 0.6) is 0 Å². The van der Waals surface area contributed by atoms with Crippen LogP contribution in [0.1, 0.15) is 39.0 Å². The number of piperazine rings is 1. The fourth-order valence-electron chi connectivity index (χ4n) is 2.97. The first kappa shape index (κ1) is 16.0. The van der Waals surface area contributed by atoms with Gasteiger partial charge in [0.05, 0.1) is 0 Å². The van der Waals surface area contributed by atoms with Crippen molar-refractivity contribution in [2.24, 2.45) is 5.92 Å². The lowest BCUT2D eigenvalue weighted by atomic mass is 9.93. The van der Waals surface area contributed by atoms with Crippen LogP contribution in [0.3, 0.4) is 0 Å². The van der Waals surface area contributed by atoms with Gasteiger partial charge in [0.15, 0.2) is 0 Å². The van der Waals surface area contributed by atoms with Crippen LogP contribution >= 0.6 is 11.3 Å². The van der Waals surface area contributed by atoms with E-state index in [4.69, 9.17) is 0 Å². The number of amides is 2. The van der Waals surface area contributed by atoms with Gasteiger partial charge in [-0.25, -0.2) is 0 Å². The maximum absolute atomic E-state index is 12.7. The van der Waals surface area contributed by atoms with Gasteiger partial charge in [0.2, 0.25) is 11.8 Å². The fourth-order valence-corrected chi connectivity index (χ4v) is 3.80. The molecule has 1 fully saturated rings. The van der Waals surface area contributed by atoms with Crippen molar-refractivity contribution in [3.05, 3.63) is 22.4 Å². The maximum atomic E-state index is 12.7. The van der Waals surface area contributed by atoms with Crippen molar-refractivity contribution in [3.63, 3.8) is 0 Å². The number of rotatable bonds is 5. The molecule has 0 aromatic carbocycles. The zero-order valence-electron chi connectivity index (χ0n) is 13.1. The Morgan fingerprint density at radius 3 is 2.57 bits per heavy atom. The number of carbonyl (C=O) groups is 2. The van der Waals surface area contributed by atoms with Gasteiger partial charge in [0, 0.05) is 17.3 Å². The highest BCUT2D eigenvalue weighted by atomic mass is 32.1. The molecule has 1 aliphatic rings. The Bertz CT molecular complexity index is 498.